The molecule has 0 fully saturated rings. The number of aliphatic hydroxyl groups is 1. The molecule has 0 rings (SSSR count). The van der Waals surface area contributed by atoms with E-state index in [-0.39, 0.29) is 25.7 Å². The number of esters is 4. The summed E-state index contributed by atoms with van der Waals surface area (Å²) in [5.41, 5.74) is 0. The molecule has 0 aromatic heterocycles. The Morgan fingerprint density at radius 2 is 0.509 bits per heavy atom. The minimum atomic E-state index is -5.01. The summed E-state index contributed by atoms with van der Waals surface area (Å²) in [6.45, 7) is 4.37. The summed E-state index contributed by atoms with van der Waals surface area (Å²) in [6.07, 6.45) is 92.0. The smallest absolute Gasteiger partial charge is 0.462 e. The molecule has 5 atom stereocenters. The van der Waals surface area contributed by atoms with Crippen LogP contribution in [0.4, 0.5) is 0 Å². The zero-order valence-corrected chi connectivity index (χ0v) is 67.6. The lowest BCUT2D eigenvalue weighted by Gasteiger charge is -2.21. The van der Waals surface area contributed by atoms with Crippen LogP contribution in [0, 0.1) is 0 Å². The van der Waals surface area contributed by atoms with Crippen LogP contribution in [0.3, 0.4) is 0 Å². The van der Waals surface area contributed by atoms with Gasteiger partial charge in [-0.25, -0.2) is 9.13 Å². The molecule has 0 saturated heterocycles. The first-order chi connectivity index (χ1) is 51.7. The van der Waals surface area contributed by atoms with Crippen molar-refractivity contribution in [2.24, 2.45) is 0 Å². The van der Waals surface area contributed by atoms with Gasteiger partial charge in [-0.1, -0.05) is 281 Å². The summed E-state index contributed by atoms with van der Waals surface area (Å²) in [6, 6.07) is 0. The number of rotatable bonds is 74. The molecule has 602 valence electrons. The molecular weight excluding hydrogens is 1380 g/mol. The maximum absolute atomic E-state index is 13.1. The van der Waals surface area contributed by atoms with Crippen LogP contribution in [0.5, 0.6) is 0 Å². The van der Waals surface area contributed by atoms with Gasteiger partial charge < -0.3 is 33.8 Å². The highest BCUT2D eigenvalue weighted by molar-refractivity contribution is 7.47. The van der Waals surface area contributed by atoms with E-state index in [1.807, 2.05) is 18.2 Å². The Bertz CT molecular complexity index is 2680. The number of carbonyl (C=O) groups is 4. The SMILES string of the molecule is CC/C=C\C/C=C\C/C=C\C/C=C\C/C=C\C/C=C\CCC(=O)OCC(COP(=O)(O)OCC(O)COP(=O)(O)OCC(COC(=O)CCCCCCCCC/C=C\C/C=C\C/C=C\CC)OC(=O)CCCCCCC/C=C\C/C=C\C/C=C\CC)OC(=O)CCCCCCC/C=C\C/C=C\CCCCC. The Labute approximate surface area is 642 Å². The van der Waals surface area contributed by atoms with Crippen molar-refractivity contribution >= 4 is 39.5 Å². The normalized spacial score (nSPS) is 14.7. The van der Waals surface area contributed by atoms with Crippen LogP contribution in [-0.2, 0) is 65.4 Å². The first-order valence-corrected chi connectivity index (χ1v) is 43.4. The average Bonchev–Trinajstić information content (AvgIpc) is 0.909. The molecular formula is C87H142O17P2. The van der Waals surface area contributed by atoms with E-state index >= 15 is 0 Å². The van der Waals surface area contributed by atoms with Gasteiger partial charge in [0.25, 0.3) is 0 Å². The molecule has 0 spiro atoms. The summed E-state index contributed by atoms with van der Waals surface area (Å²) >= 11 is 0. The molecule has 0 heterocycles. The monoisotopic (exact) mass is 1520 g/mol. The fourth-order valence-electron chi connectivity index (χ4n) is 10.1. The number of phosphoric ester groups is 2. The number of carbonyl (C=O) groups excluding carboxylic acids is 4. The van der Waals surface area contributed by atoms with Crippen LogP contribution < -0.4 is 0 Å². The first-order valence-electron chi connectivity index (χ1n) is 40.4. The predicted molar refractivity (Wildman–Crippen MR) is 436 cm³/mol. The van der Waals surface area contributed by atoms with Gasteiger partial charge in [-0.2, -0.15) is 0 Å². The van der Waals surface area contributed by atoms with E-state index in [0.717, 1.165) is 193 Å². The third-order valence-corrected chi connectivity index (χ3v) is 18.1. The Kier molecular flexibility index (Phi) is 73.5. The van der Waals surface area contributed by atoms with E-state index in [1.54, 1.807) is 0 Å². The lowest BCUT2D eigenvalue weighted by atomic mass is 10.1. The molecule has 0 saturated carbocycles. The zero-order valence-electron chi connectivity index (χ0n) is 65.8. The van der Waals surface area contributed by atoms with E-state index in [9.17, 15) is 43.2 Å². The summed E-state index contributed by atoms with van der Waals surface area (Å²) in [5.74, 6) is -2.33. The zero-order chi connectivity index (χ0) is 77.4. The number of ether oxygens (including phenoxy) is 4. The third kappa shape index (κ3) is 76.6. The minimum Gasteiger partial charge on any atom is -0.462 e. The Morgan fingerprint density at radius 3 is 0.811 bits per heavy atom. The predicted octanol–water partition coefficient (Wildman–Crippen LogP) is 23.8. The van der Waals surface area contributed by atoms with Crippen molar-refractivity contribution in [3.8, 4) is 0 Å². The topological polar surface area (TPSA) is 237 Å². The quantitative estimate of drug-likeness (QED) is 0.0169. The summed E-state index contributed by atoms with van der Waals surface area (Å²) in [4.78, 5) is 73.1. The summed E-state index contributed by atoms with van der Waals surface area (Å²) in [7, 11) is -10.0. The molecule has 19 heteroatoms. The van der Waals surface area contributed by atoms with Gasteiger partial charge in [0.1, 0.15) is 19.3 Å². The van der Waals surface area contributed by atoms with Gasteiger partial charge in [0, 0.05) is 25.7 Å². The number of unbranched alkanes of at least 4 members (excludes halogenated alkanes) is 20. The van der Waals surface area contributed by atoms with Crippen molar-refractivity contribution in [1.29, 1.82) is 0 Å². The van der Waals surface area contributed by atoms with Gasteiger partial charge in [-0.3, -0.25) is 37.3 Å². The van der Waals surface area contributed by atoms with Crippen LogP contribution in [-0.4, -0.2) is 96.7 Å². The summed E-state index contributed by atoms with van der Waals surface area (Å²) < 4.78 is 68.6. The van der Waals surface area contributed by atoms with Crippen molar-refractivity contribution in [3.63, 3.8) is 0 Å². The highest BCUT2D eigenvalue weighted by atomic mass is 31.2. The summed E-state index contributed by atoms with van der Waals surface area (Å²) in [5, 5.41) is 10.6. The van der Waals surface area contributed by atoms with Crippen LogP contribution in [0.1, 0.15) is 297 Å². The van der Waals surface area contributed by atoms with Crippen molar-refractivity contribution in [3.05, 3.63) is 170 Å². The van der Waals surface area contributed by atoms with Gasteiger partial charge in [-0.15, -0.1) is 0 Å². The molecule has 17 nitrogen and oxygen atoms in total. The van der Waals surface area contributed by atoms with Gasteiger partial charge in [-0.05, 0) is 161 Å². The second-order valence-corrected chi connectivity index (χ2v) is 29.1. The first kappa shape index (κ1) is 100. The molecule has 0 aliphatic carbocycles. The number of hydrogen-bond donors (Lipinski definition) is 3. The second kappa shape index (κ2) is 77.6. The molecule has 0 aromatic carbocycles. The van der Waals surface area contributed by atoms with Crippen LogP contribution in [0.25, 0.3) is 0 Å². The van der Waals surface area contributed by atoms with Gasteiger partial charge in [0.05, 0.1) is 26.4 Å². The second-order valence-electron chi connectivity index (χ2n) is 26.2. The van der Waals surface area contributed by atoms with Crippen molar-refractivity contribution in [1.82, 2.24) is 0 Å². The number of phosphoric acid groups is 2. The fraction of sp³-hybridized carbons (Fsp3) is 0.632. The van der Waals surface area contributed by atoms with Gasteiger partial charge in [0.15, 0.2) is 12.2 Å². The molecule has 0 amide bonds. The lowest BCUT2D eigenvalue weighted by Crippen LogP contribution is -2.30. The van der Waals surface area contributed by atoms with Crippen molar-refractivity contribution in [2.45, 2.75) is 316 Å². The Balaban J connectivity index is 5.47. The number of hydrogen-bond acceptors (Lipinski definition) is 15. The number of aliphatic hydroxyl groups excluding tert-OH is 1. The molecule has 0 bridgehead atoms. The highest BCUT2D eigenvalue weighted by Crippen LogP contribution is 2.45. The van der Waals surface area contributed by atoms with E-state index in [0.29, 0.717) is 32.1 Å². The van der Waals surface area contributed by atoms with E-state index in [1.165, 1.54) is 19.3 Å². The largest absolute Gasteiger partial charge is 0.472 e. The van der Waals surface area contributed by atoms with Crippen LogP contribution >= 0.6 is 15.6 Å². The molecule has 0 aliphatic heterocycles. The van der Waals surface area contributed by atoms with Crippen molar-refractivity contribution in [2.75, 3.05) is 39.6 Å². The van der Waals surface area contributed by atoms with E-state index in [4.69, 9.17) is 37.0 Å². The molecule has 3 N–H and O–H groups in total. The van der Waals surface area contributed by atoms with E-state index < -0.39 is 97.5 Å². The standard InChI is InChI=1S/C87H142O17P2/c1-5-9-13-17-21-25-29-33-37-39-40-42-46-48-52-56-60-64-68-72-85(90)98-78-83(104-87(92)74-70-66-62-58-54-50-44-36-32-28-24-20-16-12-8-4)80-102-106(95,96)100-76-81(88)75-99-105(93,94)101-79-82(103-86(91)73-69-65-61-57-53-49-43-35-31-27-23-19-15-11-7-3)77-97-84(89)71-67-63-59-55-51-47-45-41-38-34-30-26-22-18-14-10-6-2/h9-11,13-15,21-28,33-38,40,42-44,48,52,60,64,81-83,88H,5-8,12,16-20,29-32,39,41,45-47,49-51,53-59,61-63,65-80H2,1-4H3,(H,93,94)(H,95,96)/b13-9-,14-10-,15-11-,25-21-,26-22-,27-23-,28-24-,37-33-,38-34-,42-40-,43-35-,44-36-,52-48-,64-60-. The van der Waals surface area contributed by atoms with Gasteiger partial charge >= 0.3 is 39.5 Å². The van der Waals surface area contributed by atoms with E-state index in [2.05, 4.69) is 180 Å². The molecule has 0 aromatic rings. The lowest BCUT2D eigenvalue weighted by molar-refractivity contribution is -0.161. The van der Waals surface area contributed by atoms with Gasteiger partial charge in [0.2, 0.25) is 0 Å². The van der Waals surface area contributed by atoms with Crippen molar-refractivity contribution < 1.29 is 80.2 Å². The third-order valence-electron chi connectivity index (χ3n) is 16.2. The molecule has 0 radical (unpaired) electrons. The molecule has 5 unspecified atom stereocenters. The maximum atomic E-state index is 13.1. The minimum absolute atomic E-state index is 0.0275. The fourth-order valence-corrected chi connectivity index (χ4v) is 11.7. The highest BCUT2D eigenvalue weighted by Gasteiger charge is 2.30. The number of allylic oxidation sites excluding steroid dienone is 28. The maximum Gasteiger partial charge on any atom is 0.472 e. The van der Waals surface area contributed by atoms with Crippen LogP contribution in [0.15, 0.2) is 170 Å². The average molecular weight is 1520 g/mol. The Hall–Kier alpha value is -5.58. The Morgan fingerprint density at radius 1 is 0.274 bits per heavy atom. The molecule has 106 heavy (non-hydrogen) atoms. The molecule has 0 aliphatic rings. The van der Waals surface area contributed by atoms with Crippen LogP contribution in [0.2, 0.25) is 0 Å².